The average molecular weight is 300 g/mol. The molecule has 0 bridgehead atoms. The molecule has 2 aromatic carbocycles. The van der Waals surface area contributed by atoms with E-state index < -0.39 is 0 Å². The summed E-state index contributed by atoms with van der Waals surface area (Å²) >= 11 is 0. The van der Waals surface area contributed by atoms with Gasteiger partial charge in [-0.1, -0.05) is 0 Å². The predicted octanol–water partition coefficient (Wildman–Crippen LogP) is 1.04. The van der Waals surface area contributed by atoms with Crippen LogP contribution in [0.2, 0.25) is 0 Å². The molecule has 0 saturated carbocycles. The molecule has 0 heterocycles. The van der Waals surface area contributed by atoms with Gasteiger partial charge in [0.2, 0.25) is 0 Å². The topological polar surface area (TPSA) is 0 Å². The second-order valence-corrected chi connectivity index (χ2v) is 2.50. The van der Waals surface area contributed by atoms with Crippen LogP contribution in [0, 0.1) is 6.42 Å². The fourth-order valence-corrected chi connectivity index (χ4v) is 0.642. The number of hydrogen-bond donors (Lipinski definition) is 0. The Morgan fingerprint density at radius 2 is 0.933 bits per heavy atom. The molecule has 0 N–H and O–H groups in total. The molecule has 2 rings (SSSR count). The predicted molar refractivity (Wildman–Crippen MR) is 59.7 cm³/mol. The fraction of sp³-hybridized carbons (Fsp3) is 0.154. The zero-order valence-corrected chi connectivity index (χ0v) is 12.4. The molecule has 0 nitrogen and oxygen atoms in total. The van der Waals surface area contributed by atoms with Gasteiger partial charge < -0.3 is 18.8 Å². The first-order valence-electron chi connectivity index (χ1n) is 4.49. The van der Waals surface area contributed by atoms with Gasteiger partial charge in [0.1, 0.15) is 0 Å². The summed E-state index contributed by atoms with van der Waals surface area (Å²) in [4.78, 5) is 0. The van der Waals surface area contributed by atoms with Gasteiger partial charge >= 0.3 is 26.2 Å². The van der Waals surface area contributed by atoms with Crippen molar-refractivity contribution in [3.63, 3.8) is 0 Å². The molecular formula is C13H17ClZr. The first kappa shape index (κ1) is 20.3. The summed E-state index contributed by atoms with van der Waals surface area (Å²) in [6.07, 6.45) is 2.00. The Bertz CT molecular complexity index is 162. The molecule has 0 fully saturated rings. The molecule has 0 aliphatic rings. The average Bonchev–Trinajstić information content (AvgIpc) is 2.85. The molecule has 80 valence electrons. The van der Waals surface area contributed by atoms with Crippen LogP contribution in [0.5, 0.6) is 0 Å². The Kier molecular flexibility index (Phi) is 26.3. The molecule has 0 aliphatic heterocycles. The van der Waals surface area contributed by atoms with E-state index in [1.54, 1.807) is 0 Å². The monoisotopic (exact) mass is 298 g/mol. The molecule has 0 spiro atoms. The minimum absolute atomic E-state index is 0. The maximum absolute atomic E-state index is 2.00. The van der Waals surface area contributed by atoms with Crippen LogP contribution in [-0.4, -0.2) is 0 Å². The Morgan fingerprint density at radius 3 is 1.00 bits per heavy atom. The Labute approximate surface area is 119 Å². The van der Waals surface area contributed by atoms with Crippen LogP contribution in [-0.2, 0) is 26.2 Å². The standard InChI is InChI=1S/2C5H5.C3H7.ClH.Zr/c2*1-2-4-5-3-1;1-3-2;;/h2*1-5H;3H,1-2H3;1H;/q3*-1;;+4/p-1. The van der Waals surface area contributed by atoms with E-state index in [2.05, 4.69) is 0 Å². The summed E-state index contributed by atoms with van der Waals surface area (Å²) in [5, 5.41) is 0. The van der Waals surface area contributed by atoms with E-state index in [9.17, 15) is 0 Å². The molecule has 15 heavy (non-hydrogen) atoms. The number of rotatable bonds is 0. The van der Waals surface area contributed by atoms with Crippen molar-refractivity contribution in [1.29, 1.82) is 0 Å². The van der Waals surface area contributed by atoms with Crippen molar-refractivity contribution in [3.05, 3.63) is 67.1 Å². The summed E-state index contributed by atoms with van der Waals surface area (Å²) in [5.41, 5.74) is 0. The first-order valence-corrected chi connectivity index (χ1v) is 4.49. The number of halogens is 1. The smallest absolute Gasteiger partial charge is 1.00 e. The van der Waals surface area contributed by atoms with E-state index >= 15 is 0 Å². The minimum atomic E-state index is 0. The van der Waals surface area contributed by atoms with Crippen molar-refractivity contribution in [2.24, 2.45) is 0 Å². The summed E-state index contributed by atoms with van der Waals surface area (Å²) in [6.45, 7) is 4.00. The minimum Gasteiger partial charge on any atom is -1.00 e. The molecule has 2 aromatic rings. The van der Waals surface area contributed by atoms with Crippen molar-refractivity contribution < 1.29 is 38.6 Å². The normalized spacial score (nSPS) is 6.53. The Balaban J connectivity index is -0.000000140. The van der Waals surface area contributed by atoms with Crippen LogP contribution in [0.1, 0.15) is 13.8 Å². The third-order valence-corrected chi connectivity index (χ3v) is 1.11. The van der Waals surface area contributed by atoms with Crippen LogP contribution in [0.25, 0.3) is 0 Å². The zero-order chi connectivity index (χ0) is 9.78. The van der Waals surface area contributed by atoms with Gasteiger partial charge in [-0.3, -0.25) is 0 Å². The maximum atomic E-state index is 2.00. The van der Waals surface area contributed by atoms with Crippen LogP contribution < -0.4 is 12.4 Å². The SMILES string of the molecule is C[CH-]C.[Cl-].[Zr+4].c1cc[cH-]c1.c1cc[cH-]c1. The van der Waals surface area contributed by atoms with Gasteiger partial charge in [-0.25, -0.2) is 24.3 Å². The van der Waals surface area contributed by atoms with Gasteiger partial charge in [-0.15, -0.1) is 0 Å². The van der Waals surface area contributed by atoms with Gasteiger partial charge in [0.15, 0.2) is 0 Å². The summed E-state index contributed by atoms with van der Waals surface area (Å²) in [7, 11) is 0. The van der Waals surface area contributed by atoms with Crippen LogP contribution in [0.15, 0.2) is 60.7 Å². The Morgan fingerprint density at radius 1 is 0.733 bits per heavy atom. The van der Waals surface area contributed by atoms with Crippen molar-refractivity contribution in [2.45, 2.75) is 13.8 Å². The second-order valence-electron chi connectivity index (χ2n) is 2.50. The zero-order valence-electron chi connectivity index (χ0n) is 9.23. The summed E-state index contributed by atoms with van der Waals surface area (Å²) in [6, 6.07) is 20.0. The van der Waals surface area contributed by atoms with E-state index in [1.165, 1.54) is 0 Å². The third-order valence-electron chi connectivity index (χ3n) is 1.11. The van der Waals surface area contributed by atoms with Crippen molar-refractivity contribution >= 4 is 0 Å². The molecule has 0 aliphatic carbocycles. The molecule has 0 atom stereocenters. The van der Waals surface area contributed by atoms with Gasteiger partial charge in [0.05, 0.1) is 0 Å². The summed E-state index contributed by atoms with van der Waals surface area (Å²) in [5.74, 6) is 0. The summed E-state index contributed by atoms with van der Waals surface area (Å²) < 4.78 is 0. The quantitative estimate of drug-likeness (QED) is 0.638. The maximum Gasteiger partial charge on any atom is 4.00 e. The molecule has 0 saturated heterocycles. The van der Waals surface area contributed by atoms with Gasteiger partial charge in [-0.05, 0) is 0 Å². The molecule has 0 radical (unpaired) electrons. The molecule has 2 heteroatoms. The van der Waals surface area contributed by atoms with Gasteiger partial charge in [0, 0.05) is 0 Å². The van der Waals surface area contributed by atoms with E-state index in [4.69, 9.17) is 0 Å². The van der Waals surface area contributed by atoms with Crippen molar-refractivity contribution in [2.75, 3.05) is 0 Å². The fourth-order valence-electron chi connectivity index (χ4n) is 0.642. The van der Waals surface area contributed by atoms with Crippen LogP contribution in [0.4, 0.5) is 0 Å². The first-order chi connectivity index (χ1) is 6.41. The van der Waals surface area contributed by atoms with Crippen molar-refractivity contribution in [1.82, 2.24) is 0 Å². The molecule has 0 amide bonds. The molecular weight excluding hydrogens is 283 g/mol. The largest absolute Gasteiger partial charge is 4.00 e. The van der Waals surface area contributed by atoms with E-state index in [1.807, 2.05) is 80.9 Å². The third kappa shape index (κ3) is 20.1. The van der Waals surface area contributed by atoms with Gasteiger partial charge in [-0.2, -0.15) is 50.2 Å². The van der Waals surface area contributed by atoms with E-state index in [-0.39, 0.29) is 38.6 Å². The van der Waals surface area contributed by atoms with Crippen LogP contribution in [0.3, 0.4) is 0 Å². The van der Waals surface area contributed by atoms with Crippen LogP contribution >= 0.6 is 0 Å². The van der Waals surface area contributed by atoms with E-state index in [0.717, 1.165) is 0 Å². The van der Waals surface area contributed by atoms with Crippen molar-refractivity contribution in [3.8, 4) is 0 Å². The van der Waals surface area contributed by atoms with E-state index in [0.29, 0.717) is 0 Å². The second kappa shape index (κ2) is 19.4. The number of hydrogen-bond acceptors (Lipinski definition) is 0. The molecule has 0 aromatic heterocycles. The van der Waals surface area contributed by atoms with Gasteiger partial charge in [0.25, 0.3) is 0 Å². The Hall–Kier alpha value is -0.127. The molecule has 0 unspecified atom stereocenters.